The van der Waals surface area contributed by atoms with Gasteiger partial charge >= 0.3 is 0 Å². The Kier molecular flexibility index (Phi) is 5.18. The number of aryl methyl sites for hydroxylation is 1. The van der Waals surface area contributed by atoms with E-state index in [1.54, 1.807) is 32.0 Å². The van der Waals surface area contributed by atoms with Gasteiger partial charge in [0.15, 0.2) is 5.76 Å². The maximum atomic E-state index is 12.6. The lowest BCUT2D eigenvalue weighted by Gasteiger charge is -2.20. The zero-order valence-electron chi connectivity index (χ0n) is 15.2. The van der Waals surface area contributed by atoms with Crippen molar-refractivity contribution in [1.82, 2.24) is 19.7 Å². The van der Waals surface area contributed by atoms with Crippen LogP contribution in [0.2, 0.25) is 0 Å². The standard InChI is InChI=1S/C18H20ClN5O3/c1-4-11-8-15(25)22-17(20-11)24-14(21-16(26)18(2,3)10-19)9-12(23-24)13-6-5-7-27-13/h5-9H,4,10H2,1-3H3,(H,21,26)(H,20,22,25). The molecule has 142 valence electrons. The van der Waals surface area contributed by atoms with Crippen LogP contribution in [0.3, 0.4) is 0 Å². The van der Waals surface area contributed by atoms with Crippen molar-refractivity contribution in [2.75, 3.05) is 11.2 Å². The fraction of sp³-hybridized carbons (Fsp3) is 0.333. The third-order valence-corrected chi connectivity index (χ3v) is 4.69. The largest absolute Gasteiger partial charge is 0.463 e. The van der Waals surface area contributed by atoms with E-state index in [0.717, 1.165) is 0 Å². The molecular formula is C18H20ClN5O3. The molecule has 0 aliphatic rings. The number of anilines is 1. The van der Waals surface area contributed by atoms with Crippen molar-refractivity contribution in [3.8, 4) is 17.4 Å². The van der Waals surface area contributed by atoms with Gasteiger partial charge < -0.3 is 9.73 Å². The molecule has 0 saturated carbocycles. The minimum absolute atomic E-state index is 0.151. The average molecular weight is 390 g/mol. The lowest BCUT2D eigenvalue weighted by Crippen LogP contribution is -2.33. The van der Waals surface area contributed by atoms with Crippen molar-refractivity contribution >= 4 is 23.3 Å². The summed E-state index contributed by atoms with van der Waals surface area (Å²) >= 11 is 5.90. The summed E-state index contributed by atoms with van der Waals surface area (Å²) in [7, 11) is 0. The summed E-state index contributed by atoms with van der Waals surface area (Å²) in [6.45, 7) is 5.37. The molecule has 0 unspecified atom stereocenters. The van der Waals surface area contributed by atoms with Crippen LogP contribution < -0.4 is 10.9 Å². The molecule has 0 radical (unpaired) electrons. The normalized spacial score (nSPS) is 11.6. The van der Waals surface area contributed by atoms with Gasteiger partial charge in [0.1, 0.15) is 11.5 Å². The van der Waals surface area contributed by atoms with E-state index in [0.29, 0.717) is 29.4 Å². The first-order valence-electron chi connectivity index (χ1n) is 8.46. The van der Waals surface area contributed by atoms with Gasteiger partial charge in [-0.15, -0.1) is 11.6 Å². The predicted octanol–water partition coefficient (Wildman–Crippen LogP) is 2.98. The molecule has 2 N–H and O–H groups in total. The van der Waals surface area contributed by atoms with Crippen LogP contribution in [0, 0.1) is 5.41 Å². The number of alkyl halides is 1. The lowest BCUT2D eigenvalue weighted by atomic mass is 9.95. The number of hydrogen-bond acceptors (Lipinski definition) is 5. The number of carbonyl (C=O) groups is 1. The van der Waals surface area contributed by atoms with Crippen LogP contribution in [0.4, 0.5) is 5.82 Å². The Morgan fingerprint density at radius 3 is 2.81 bits per heavy atom. The Morgan fingerprint density at radius 2 is 2.19 bits per heavy atom. The summed E-state index contributed by atoms with van der Waals surface area (Å²) in [5.74, 6) is 0.948. The van der Waals surface area contributed by atoms with E-state index >= 15 is 0 Å². The van der Waals surface area contributed by atoms with Gasteiger partial charge in [-0.2, -0.15) is 9.78 Å². The van der Waals surface area contributed by atoms with Crippen molar-refractivity contribution in [3.63, 3.8) is 0 Å². The number of amides is 1. The fourth-order valence-electron chi connectivity index (χ4n) is 2.30. The van der Waals surface area contributed by atoms with Crippen LogP contribution in [0.15, 0.2) is 39.7 Å². The number of aromatic amines is 1. The van der Waals surface area contributed by atoms with Crippen LogP contribution >= 0.6 is 11.6 Å². The number of rotatable bonds is 6. The van der Waals surface area contributed by atoms with Gasteiger partial charge in [-0.3, -0.25) is 14.6 Å². The highest BCUT2D eigenvalue weighted by Crippen LogP contribution is 2.26. The monoisotopic (exact) mass is 389 g/mol. The van der Waals surface area contributed by atoms with Crippen molar-refractivity contribution in [2.24, 2.45) is 5.41 Å². The number of nitrogens with one attached hydrogen (secondary N) is 2. The first-order valence-corrected chi connectivity index (χ1v) is 8.99. The third kappa shape index (κ3) is 3.95. The topological polar surface area (TPSA) is 106 Å². The SMILES string of the molecule is CCc1cc(=O)[nH]c(-n2nc(-c3ccco3)cc2NC(=O)C(C)(C)CCl)n1. The average Bonchev–Trinajstić information content (AvgIpc) is 3.30. The van der Waals surface area contributed by atoms with Crippen molar-refractivity contribution in [3.05, 3.63) is 46.6 Å². The van der Waals surface area contributed by atoms with E-state index in [-0.39, 0.29) is 23.3 Å². The number of nitrogens with zero attached hydrogens (tertiary/aromatic N) is 3. The van der Waals surface area contributed by atoms with Crippen LogP contribution in [0.25, 0.3) is 17.4 Å². The van der Waals surface area contributed by atoms with Crippen LogP contribution in [-0.4, -0.2) is 31.5 Å². The second kappa shape index (κ2) is 7.40. The van der Waals surface area contributed by atoms with E-state index in [4.69, 9.17) is 16.0 Å². The van der Waals surface area contributed by atoms with E-state index < -0.39 is 5.41 Å². The summed E-state index contributed by atoms with van der Waals surface area (Å²) in [5, 5.41) is 7.26. The van der Waals surface area contributed by atoms with Gasteiger partial charge in [-0.1, -0.05) is 6.92 Å². The highest BCUT2D eigenvalue weighted by Gasteiger charge is 2.28. The highest BCUT2D eigenvalue weighted by atomic mass is 35.5. The molecule has 3 aromatic rings. The maximum absolute atomic E-state index is 12.6. The second-order valence-corrected chi connectivity index (χ2v) is 6.96. The number of furan rings is 1. The van der Waals surface area contributed by atoms with Crippen molar-refractivity contribution in [2.45, 2.75) is 27.2 Å². The van der Waals surface area contributed by atoms with Crippen LogP contribution in [0.5, 0.6) is 0 Å². The molecule has 0 aliphatic carbocycles. The molecule has 9 heteroatoms. The molecule has 0 saturated heterocycles. The van der Waals surface area contributed by atoms with E-state index in [1.165, 1.54) is 17.0 Å². The summed E-state index contributed by atoms with van der Waals surface area (Å²) in [4.78, 5) is 31.6. The Balaban J connectivity index is 2.10. The zero-order valence-corrected chi connectivity index (χ0v) is 16.0. The van der Waals surface area contributed by atoms with Gasteiger partial charge in [0, 0.05) is 23.7 Å². The summed E-state index contributed by atoms with van der Waals surface area (Å²) in [6.07, 6.45) is 2.12. The summed E-state index contributed by atoms with van der Waals surface area (Å²) in [5.41, 5.74) is 0.0177. The number of carbonyl (C=O) groups excluding carboxylic acids is 1. The van der Waals surface area contributed by atoms with Crippen LogP contribution in [-0.2, 0) is 11.2 Å². The zero-order chi connectivity index (χ0) is 19.6. The number of halogens is 1. The first kappa shape index (κ1) is 18.9. The molecule has 3 aromatic heterocycles. The molecule has 0 atom stereocenters. The Labute approximate surface area is 160 Å². The third-order valence-electron chi connectivity index (χ3n) is 4.02. The minimum Gasteiger partial charge on any atom is -0.463 e. The molecule has 0 aromatic carbocycles. The number of aromatic nitrogens is 4. The van der Waals surface area contributed by atoms with Crippen molar-refractivity contribution < 1.29 is 9.21 Å². The predicted molar refractivity (Wildman–Crippen MR) is 102 cm³/mol. The molecule has 27 heavy (non-hydrogen) atoms. The molecule has 1 amide bonds. The Morgan fingerprint density at radius 1 is 1.41 bits per heavy atom. The van der Waals surface area contributed by atoms with E-state index in [9.17, 15) is 9.59 Å². The number of hydrogen-bond donors (Lipinski definition) is 2. The lowest BCUT2D eigenvalue weighted by molar-refractivity contribution is -0.123. The summed E-state index contributed by atoms with van der Waals surface area (Å²) in [6, 6.07) is 6.57. The van der Waals surface area contributed by atoms with Gasteiger partial charge in [0.05, 0.1) is 11.7 Å². The van der Waals surface area contributed by atoms with Gasteiger partial charge in [0.25, 0.3) is 5.56 Å². The first-order chi connectivity index (χ1) is 12.8. The summed E-state index contributed by atoms with van der Waals surface area (Å²) < 4.78 is 6.76. The molecule has 3 heterocycles. The molecule has 8 nitrogen and oxygen atoms in total. The highest BCUT2D eigenvalue weighted by molar-refractivity contribution is 6.20. The Hall–Kier alpha value is -2.87. The molecular weight excluding hydrogens is 370 g/mol. The quantitative estimate of drug-likeness (QED) is 0.630. The van der Waals surface area contributed by atoms with E-state index in [2.05, 4.69) is 20.4 Å². The molecule has 0 spiro atoms. The van der Waals surface area contributed by atoms with Crippen molar-refractivity contribution in [1.29, 1.82) is 0 Å². The maximum Gasteiger partial charge on any atom is 0.252 e. The second-order valence-electron chi connectivity index (χ2n) is 6.69. The molecule has 0 fully saturated rings. The molecule has 0 aliphatic heterocycles. The fourth-order valence-corrected chi connectivity index (χ4v) is 2.42. The minimum atomic E-state index is -0.784. The van der Waals surface area contributed by atoms with Gasteiger partial charge in [0.2, 0.25) is 11.9 Å². The van der Waals surface area contributed by atoms with Gasteiger partial charge in [-0.25, -0.2) is 4.98 Å². The molecule has 3 rings (SSSR count). The van der Waals surface area contributed by atoms with Crippen LogP contribution in [0.1, 0.15) is 26.5 Å². The van der Waals surface area contributed by atoms with Gasteiger partial charge in [-0.05, 0) is 32.4 Å². The number of H-pyrrole nitrogens is 1. The Bertz CT molecular complexity index is 1000. The molecule has 0 bridgehead atoms. The smallest absolute Gasteiger partial charge is 0.252 e. The van der Waals surface area contributed by atoms with E-state index in [1.807, 2.05) is 6.92 Å².